The number of primary amides is 1. The van der Waals surface area contributed by atoms with Gasteiger partial charge >= 0.3 is 0 Å². The van der Waals surface area contributed by atoms with Gasteiger partial charge in [-0.2, -0.15) is 0 Å². The predicted molar refractivity (Wildman–Crippen MR) is 97.0 cm³/mol. The molecule has 0 spiro atoms. The minimum Gasteiger partial charge on any atom is -0.497 e. The Labute approximate surface area is 146 Å². The molecule has 1 unspecified atom stereocenters. The van der Waals surface area contributed by atoms with Crippen LogP contribution in [0.2, 0.25) is 0 Å². The first-order valence-electron chi connectivity index (χ1n) is 9.62. The van der Waals surface area contributed by atoms with Crippen LogP contribution < -0.4 is 10.5 Å². The molecule has 132 valence electrons. The van der Waals surface area contributed by atoms with E-state index in [1.807, 2.05) is 0 Å². The van der Waals surface area contributed by atoms with Crippen molar-refractivity contribution in [2.24, 2.45) is 23.5 Å². The standard InChI is InChI=1S/C21H31NO2/c1-24-19-13-11-16(12-14-19)15-7-9-18(10-8-15)20(21(22)23)17-5-3-2-4-6-17/h11-15,17-18,20H,2-10H2,1H3,(H2,22,23). The molecule has 0 bridgehead atoms. The molecule has 3 rings (SSSR count). The summed E-state index contributed by atoms with van der Waals surface area (Å²) in [5, 5.41) is 0. The van der Waals surface area contributed by atoms with Crippen LogP contribution in [-0.4, -0.2) is 13.0 Å². The van der Waals surface area contributed by atoms with Crippen LogP contribution in [0.3, 0.4) is 0 Å². The fourth-order valence-corrected chi connectivity index (χ4v) is 5.03. The fourth-order valence-electron chi connectivity index (χ4n) is 5.03. The lowest BCUT2D eigenvalue weighted by molar-refractivity contribution is -0.126. The monoisotopic (exact) mass is 329 g/mol. The summed E-state index contributed by atoms with van der Waals surface area (Å²) in [4.78, 5) is 12.1. The van der Waals surface area contributed by atoms with Crippen molar-refractivity contribution in [3.63, 3.8) is 0 Å². The Bertz CT molecular complexity index is 525. The largest absolute Gasteiger partial charge is 0.497 e. The molecule has 0 aromatic heterocycles. The van der Waals surface area contributed by atoms with Gasteiger partial charge in [-0.15, -0.1) is 0 Å². The number of nitrogens with two attached hydrogens (primary N) is 1. The van der Waals surface area contributed by atoms with Crippen LogP contribution >= 0.6 is 0 Å². The normalized spacial score (nSPS) is 26.7. The molecule has 3 heteroatoms. The topological polar surface area (TPSA) is 52.3 Å². The van der Waals surface area contributed by atoms with Crippen LogP contribution in [0.4, 0.5) is 0 Å². The zero-order valence-electron chi connectivity index (χ0n) is 14.9. The van der Waals surface area contributed by atoms with Gasteiger partial charge < -0.3 is 10.5 Å². The first-order valence-corrected chi connectivity index (χ1v) is 9.62. The van der Waals surface area contributed by atoms with Crippen molar-refractivity contribution in [2.75, 3.05) is 7.11 Å². The van der Waals surface area contributed by atoms with Crippen LogP contribution in [0.5, 0.6) is 5.75 Å². The Morgan fingerprint density at radius 3 is 2.08 bits per heavy atom. The van der Waals surface area contributed by atoms with Crippen LogP contribution in [-0.2, 0) is 4.79 Å². The summed E-state index contributed by atoms with van der Waals surface area (Å²) in [6.45, 7) is 0. The number of methoxy groups -OCH3 is 1. The number of hydrogen-bond donors (Lipinski definition) is 1. The van der Waals surface area contributed by atoms with E-state index in [0.717, 1.165) is 18.6 Å². The van der Waals surface area contributed by atoms with Crippen molar-refractivity contribution in [2.45, 2.75) is 63.7 Å². The zero-order chi connectivity index (χ0) is 16.9. The molecule has 0 aliphatic heterocycles. The van der Waals surface area contributed by atoms with Crippen LogP contribution in [0.15, 0.2) is 24.3 Å². The molecular formula is C21H31NO2. The van der Waals surface area contributed by atoms with Crippen molar-refractivity contribution in [1.29, 1.82) is 0 Å². The number of carbonyl (C=O) groups excluding carboxylic acids is 1. The summed E-state index contributed by atoms with van der Waals surface area (Å²) in [5.74, 6) is 2.64. The molecule has 2 fully saturated rings. The van der Waals surface area contributed by atoms with E-state index in [4.69, 9.17) is 10.5 Å². The van der Waals surface area contributed by atoms with E-state index in [9.17, 15) is 4.79 Å². The van der Waals surface area contributed by atoms with E-state index in [1.54, 1.807) is 7.11 Å². The Morgan fingerprint density at radius 1 is 0.958 bits per heavy atom. The van der Waals surface area contributed by atoms with Crippen molar-refractivity contribution >= 4 is 5.91 Å². The Hall–Kier alpha value is -1.51. The van der Waals surface area contributed by atoms with Gasteiger partial charge in [0.25, 0.3) is 0 Å². The van der Waals surface area contributed by atoms with E-state index in [1.165, 1.54) is 50.5 Å². The first-order chi connectivity index (χ1) is 11.7. The quantitative estimate of drug-likeness (QED) is 0.855. The molecule has 2 aliphatic rings. The Balaban J connectivity index is 1.60. The Morgan fingerprint density at radius 2 is 1.54 bits per heavy atom. The average molecular weight is 329 g/mol. The second-order valence-electron chi connectivity index (χ2n) is 7.71. The van der Waals surface area contributed by atoms with Gasteiger partial charge in [0, 0.05) is 5.92 Å². The smallest absolute Gasteiger partial charge is 0.221 e. The van der Waals surface area contributed by atoms with Gasteiger partial charge in [0.15, 0.2) is 0 Å². The minimum absolute atomic E-state index is 0.0465. The molecule has 1 atom stereocenters. The molecular weight excluding hydrogens is 298 g/mol. The van der Waals surface area contributed by atoms with Gasteiger partial charge in [0.2, 0.25) is 5.91 Å². The third-order valence-electron chi connectivity index (χ3n) is 6.35. The highest BCUT2D eigenvalue weighted by Crippen LogP contribution is 2.43. The lowest BCUT2D eigenvalue weighted by atomic mass is 9.67. The van der Waals surface area contributed by atoms with Gasteiger partial charge in [-0.05, 0) is 74.0 Å². The van der Waals surface area contributed by atoms with Crippen LogP contribution in [0, 0.1) is 17.8 Å². The number of amides is 1. The summed E-state index contributed by atoms with van der Waals surface area (Å²) in [6.07, 6.45) is 10.9. The molecule has 1 amide bonds. The number of benzene rings is 1. The predicted octanol–water partition coefficient (Wildman–Crippen LogP) is 4.65. The van der Waals surface area contributed by atoms with Crippen molar-refractivity contribution in [3.05, 3.63) is 29.8 Å². The molecule has 0 saturated heterocycles. The molecule has 2 N–H and O–H groups in total. The van der Waals surface area contributed by atoms with E-state index in [-0.39, 0.29) is 11.8 Å². The summed E-state index contributed by atoms with van der Waals surface area (Å²) >= 11 is 0. The minimum atomic E-state index is -0.0465. The van der Waals surface area contributed by atoms with Crippen molar-refractivity contribution in [3.8, 4) is 5.75 Å². The fraction of sp³-hybridized carbons (Fsp3) is 0.667. The second-order valence-corrected chi connectivity index (χ2v) is 7.71. The molecule has 1 aromatic rings. The molecule has 24 heavy (non-hydrogen) atoms. The molecule has 2 saturated carbocycles. The van der Waals surface area contributed by atoms with E-state index in [2.05, 4.69) is 24.3 Å². The highest BCUT2D eigenvalue weighted by atomic mass is 16.5. The lowest BCUT2D eigenvalue weighted by Gasteiger charge is -2.38. The maximum atomic E-state index is 12.1. The number of ether oxygens (including phenoxy) is 1. The Kier molecular flexibility index (Phi) is 5.80. The molecule has 0 radical (unpaired) electrons. The summed E-state index contributed by atoms with van der Waals surface area (Å²) < 4.78 is 5.25. The highest BCUT2D eigenvalue weighted by molar-refractivity contribution is 5.77. The number of rotatable bonds is 5. The average Bonchev–Trinajstić information content (AvgIpc) is 2.63. The molecule has 1 aromatic carbocycles. The van der Waals surface area contributed by atoms with Crippen molar-refractivity contribution < 1.29 is 9.53 Å². The maximum Gasteiger partial charge on any atom is 0.221 e. The highest BCUT2D eigenvalue weighted by Gasteiger charge is 2.36. The van der Waals surface area contributed by atoms with Gasteiger partial charge in [-0.3, -0.25) is 4.79 Å². The van der Waals surface area contributed by atoms with Gasteiger partial charge in [-0.25, -0.2) is 0 Å². The summed E-state index contributed by atoms with van der Waals surface area (Å²) in [5.41, 5.74) is 7.23. The molecule has 2 aliphatic carbocycles. The number of hydrogen-bond acceptors (Lipinski definition) is 2. The van der Waals surface area contributed by atoms with E-state index >= 15 is 0 Å². The van der Waals surface area contributed by atoms with Gasteiger partial charge in [-0.1, -0.05) is 31.4 Å². The van der Waals surface area contributed by atoms with Crippen LogP contribution in [0.1, 0.15) is 69.3 Å². The van der Waals surface area contributed by atoms with Crippen LogP contribution in [0.25, 0.3) is 0 Å². The second kappa shape index (κ2) is 8.04. The van der Waals surface area contributed by atoms with E-state index < -0.39 is 0 Å². The van der Waals surface area contributed by atoms with Gasteiger partial charge in [0.05, 0.1) is 7.11 Å². The van der Waals surface area contributed by atoms with E-state index in [0.29, 0.717) is 17.8 Å². The summed E-state index contributed by atoms with van der Waals surface area (Å²) in [6, 6.07) is 8.48. The third-order valence-corrected chi connectivity index (χ3v) is 6.35. The van der Waals surface area contributed by atoms with Crippen molar-refractivity contribution in [1.82, 2.24) is 0 Å². The summed E-state index contributed by atoms with van der Waals surface area (Å²) in [7, 11) is 1.70. The zero-order valence-corrected chi connectivity index (χ0v) is 14.9. The first kappa shape index (κ1) is 17.3. The maximum absolute atomic E-state index is 12.1. The molecule has 0 heterocycles. The number of carbonyl (C=O) groups is 1. The SMILES string of the molecule is COc1ccc(C2CCC(C(C(N)=O)C3CCCCC3)CC2)cc1. The third kappa shape index (κ3) is 3.93. The molecule has 3 nitrogen and oxygen atoms in total. The lowest BCUT2D eigenvalue weighted by Crippen LogP contribution is -2.38. The van der Waals surface area contributed by atoms with Gasteiger partial charge in [0.1, 0.15) is 5.75 Å².